The van der Waals surface area contributed by atoms with E-state index in [9.17, 15) is 4.79 Å². The molecule has 0 unspecified atom stereocenters. The van der Waals surface area contributed by atoms with Crippen LogP contribution in [0.25, 0.3) is 0 Å². The van der Waals surface area contributed by atoms with E-state index in [1.165, 1.54) is 32.1 Å². The molecule has 2 N–H and O–H groups in total. The molecule has 4 aliphatic carbocycles. The Balaban J connectivity index is 1.36. The molecule has 0 radical (unpaired) electrons. The summed E-state index contributed by atoms with van der Waals surface area (Å²) in [6.07, 6.45) is 6.48. The molecule has 5 nitrogen and oxygen atoms in total. The molecule has 0 atom stereocenters. The summed E-state index contributed by atoms with van der Waals surface area (Å²) in [4.78, 5) is 12.4. The first-order chi connectivity index (χ1) is 12.6. The SMILES string of the molecule is CCOc1ccc(NC(=O)NCC2(OC)C3CC4CC(C3)CC2C4)cc1. The van der Waals surface area contributed by atoms with Gasteiger partial charge in [-0.05, 0) is 87.0 Å². The van der Waals surface area contributed by atoms with Crippen LogP contribution in [0.1, 0.15) is 39.0 Å². The minimum absolute atomic E-state index is 0.167. The van der Waals surface area contributed by atoms with Gasteiger partial charge in [0.1, 0.15) is 5.75 Å². The van der Waals surface area contributed by atoms with Crippen LogP contribution >= 0.6 is 0 Å². The van der Waals surface area contributed by atoms with Crippen molar-refractivity contribution in [1.82, 2.24) is 5.32 Å². The van der Waals surface area contributed by atoms with Gasteiger partial charge in [-0.25, -0.2) is 4.79 Å². The molecule has 4 saturated carbocycles. The molecule has 1 aromatic rings. The third-order valence-corrected chi connectivity index (χ3v) is 6.85. The normalized spacial score (nSPS) is 34.5. The molecule has 142 valence electrons. The van der Waals surface area contributed by atoms with E-state index in [2.05, 4.69) is 10.6 Å². The number of rotatable bonds is 6. The summed E-state index contributed by atoms with van der Waals surface area (Å²) in [5.74, 6) is 3.77. The number of urea groups is 1. The van der Waals surface area contributed by atoms with E-state index >= 15 is 0 Å². The fourth-order valence-electron chi connectivity index (χ4n) is 5.87. The van der Waals surface area contributed by atoms with Crippen LogP contribution < -0.4 is 15.4 Å². The largest absolute Gasteiger partial charge is 0.494 e. The lowest BCUT2D eigenvalue weighted by atomic mass is 9.49. The first-order valence-electron chi connectivity index (χ1n) is 9.95. The topological polar surface area (TPSA) is 59.6 Å². The van der Waals surface area contributed by atoms with Gasteiger partial charge >= 0.3 is 6.03 Å². The number of nitrogens with one attached hydrogen (secondary N) is 2. The lowest BCUT2D eigenvalue weighted by Gasteiger charge is -2.60. The molecule has 4 bridgehead atoms. The van der Waals surface area contributed by atoms with Crippen molar-refractivity contribution >= 4 is 11.7 Å². The lowest BCUT2D eigenvalue weighted by molar-refractivity contribution is -0.186. The molecular weight excluding hydrogens is 328 g/mol. The Morgan fingerprint density at radius 1 is 1.08 bits per heavy atom. The van der Waals surface area contributed by atoms with E-state index in [-0.39, 0.29) is 11.6 Å². The minimum Gasteiger partial charge on any atom is -0.494 e. The van der Waals surface area contributed by atoms with Crippen LogP contribution in [0.5, 0.6) is 5.75 Å². The fourth-order valence-corrected chi connectivity index (χ4v) is 5.87. The van der Waals surface area contributed by atoms with Crippen LogP contribution in [0, 0.1) is 23.7 Å². The van der Waals surface area contributed by atoms with Crippen molar-refractivity contribution < 1.29 is 14.3 Å². The Morgan fingerprint density at radius 3 is 2.23 bits per heavy atom. The highest BCUT2D eigenvalue weighted by molar-refractivity contribution is 5.89. The number of carbonyl (C=O) groups excluding carboxylic acids is 1. The van der Waals surface area contributed by atoms with Crippen molar-refractivity contribution in [3.63, 3.8) is 0 Å². The number of ether oxygens (including phenoxy) is 2. The maximum atomic E-state index is 12.4. The summed E-state index contributed by atoms with van der Waals surface area (Å²) in [7, 11) is 1.83. The van der Waals surface area contributed by atoms with Crippen molar-refractivity contribution in [1.29, 1.82) is 0 Å². The summed E-state index contributed by atoms with van der Waals surface area (Å²) < 4.78 is 11.5. The predicted octanol–water partition coefficient (Wildman–Crippen LogP) is 4.05. The highest BCUT2D eigenvalue weighted by atomic mass is 16.5. The van der Waals surface area contributed by atoms with Crippen LogP contribution in [0.15, 0.2) is 24.3 Å². The zero-order valence-corrected chi connectivity index (χ0v) is 15.8. The lowest BCUT2D eigenvalue weighted by Crippen LogP contribution is -2.63. The molecule has 4 aliphatic rings. The Kier molecular flexibility index (Phi) is 4.82. The zero-order chi connectivity index (χ0) is 18.1. The average molecular weight is 358 g/mol. The molecule has 2 amide bonds. The molecular formula is C21H30N2O3. The summed E-state index contributed by atoms with van der Waals surface area (Å²) in [5, 5.41) is 6.00. The van der Waals surface area contributed by atoms with E-state index in [4.69, 9.17) is 9.47 Å². The van der Waals surface area contributed by atoms with Crippen molar-refractivity contribution in [2.24, 2.45) is 23.7 Å². The second-order valence-corrected chi connectivity index (χ2v) is 8.23. The molecule has 26 heavy (non-hydrogen) atoms. The van der Waals surface area contributed by atoms with E-state index in [1.54, 1.807) is 0 Å². The number of hydrogen-bond donors (Lipinski definition) is 2. The van der Waals surface area contributed by atoms with Gasteiger partial charge in [0.05, 0.1) is 12.2 Å². The molecule has 4 fully saturated rings. The van der Waals surface area contributed by atoms with Gasteiger partial charge in [0.25, 0.3) is 0 Å². The minimum atomic E-state index is -0.177. The molecule has 0 heterocycles. The number of amides is 2. The van der Waals surface area contributed by atoms with Crippen LogP contribution in [-0.2, 0) is 4.74 Å². The van der Waals surface area contributed by atoms with E-state index in [0.717, 1.165) is 23.3 Å². The van der Waals surface area contributed by atoms with Gasteiger partial charge in [0, 0.05) is 19.3 Å². The van der Waals surface area contributed by atoms with Crippen LogP contribution in [-0.4, -0.2) is 31.9 Å². The molecule has 0 aliphatic heterocycles. The maximum absolute atomic E-state index is 12.4. The first kappa shape index (κ1) is 17.7. The molecule has 1 aromatic carbocycles. The van der Waals surface area contributed by atoms with Crippen LogP contribution in [0.4, 0.5) is 10.5 Å². The average Bonchev–Trinajstić information content (AvgIpc) is 2.63. The molecule has 0 aromatic heterocycles. The summed E-state index contributed by atoms with van der Waals surface area (Å²) in [6, 6.07) is 7.29. The first-order valence-corrected chi connectivity index (χ1v) is 9.95. The summed E-state index contributed by atoms with van der Waals surface area (Å²) >= 11 is 0. The quantitative estimate of drug-likeness (QED) is 0.806. The number of anilines is 1. The van der Waals surface area contributed by atoms with Gasteiger partial charge in [0.15, 0.2) is 0 Å². The Bertz CT molecular complexity index is 615. The zero-order valence-electron chi connectivity index (χ0n) is 15.8. The highest BCUT2D eigenvalue weighted by Crippen LogP contribution is 2.59. The third kappa shape index (κ3) is 3.18. The van der Waals surface area contributed by atoms with Gasteiger partial charge in [-0.3, -0.25) is 0 Å². The molecule has 0 spiro atoms. The van der Waals surface area contributed by atoms with Gasteiger partial charge in [-0.15, -0.1) is 0 Å². The monoisotopic (exact) mass is 358 g/mol. The molecule has 5 heteroatoms. The predicted molar refractivity (Wildman–Crippen MR) is 101 cm³/mol. The fraction of sp³-hybridized carbons (Fsp3) is 0.667. The summed E-state index contributed by atoms with van der Waals surface area (Å²) in [6.45, 7) is 3.19. The standard InChI is InChI=1S/C21H30N2O3/c1-3-26-19-6-4-18(5-7-19)23-20(24)22-13-21(25-2)16-9-14-8-15(11-16)12-17(21)10-14/h4-7,14-17H,3,8-13H2,1-2H3,(H2,22,23,24). The number of benzene rings is 1. The number of carbonyl (C=O) groups is 1. The van der Waals surface area contributed by atoms with Gasteiger partial charge in [-0.1, -0.05) is 0 Å². The van der Waals surface area contributed by atoms with Crippen LogP contribution in [0.3, 0.4) is 0 Å². The van der Waals surface area contributed by atoms with E-state index in [0.29, 0.717) is 25.0 Å². The number of hydrogen-bond acceptors (Lipinski definition) is 3. The van der Waals surface area contributed by atoms with E-state index in [1.807, 2.05) is 38.3 Å². The van der Waals surface area contributed by atoms with Crippen molar-refractivity contribution in [3.8, 4) is 5.75 Å². The van der Waals surface area contributed by atoms with Gasteiger partial charge in [0.2, 0.25) is 0 Å². The second-order valence-electron chi connectivity index (χ2n) is 8.23. The van der Waals surface area contributed by atoms with Crippen LogP contribution in [0.2, 0.25) is 0 Å². The smallest absolute Gasteiger partial charge is 0.319 e. The summed E-state index contributed by atoms with van der Waals surface area (Å²) in [5.41, 5.74) is 0.589. The Morgan fingerprint density at radius 2 is 1.69 bits per heavy atom. The number of methoxy groups -OCH3 is 1. The third-order valence-electron chi connectivity index (χ3n) is 6.85. The second kappa shape index (κ2) is 7.10. The molecule has 5 rings (SSSR count). The van der Waals surface area contributed by atoms with E-state index < -0.39 is 0 Å². The maximum Gasteiger partial charge on any atom is 0.319 e. The van der Waals surface area contributed by atoms with Crippen molar-refractivity contribution in [2.45, 2.75) is 44.6 Å². The van der Waals surface area contributed by atoms with Gasteiger partial charge in [-0.2, -0.15) is 0 Å². The van der Waals surface area contributed by atoms with Gasteiger partial charge < -0.3 is 20.1 Å². The Hall–Kier alpha value is -1.75. The Labute approximate surface area is 155 Å². The molecule has 0 saturated heterocycles. The van der Waals surface area contributed by atoms with Crippen molar-refractivity contribution in [3.05, 3.63) is 24.3 Å². The van der Waals surface area contributed by atoms with Crippen molar-refractivity contribution in [2.75, 3.05) is 25.6 Å². The highest BCUT2D eigenvalue weighted by Gasteiger charge is 2.57.